The highest BCUT2D eigenvalue weighted by atomic mass is 15.3. The molecule has 0 amide bonds. The Labute approximate surface area is 110 Å². The van der Waals surface area contributed by atoms with E-state index in [1.54, 1.807) is 0 Å². The largest absolute Gasteiger partial charge is 0.310 e. The topological polar surface area (TPSA) is 33.1 Å². The van der Waals surface area contributed by atoms with Gasteiger partial charge in [-0.15, -0.1) is 0 Å². The standard InChI is InChI=1S/C14H26N4/c1-3-17-9-4-6-14(7-11-17)16-13(2)12-18-10-5-8-15-18/h5,8,10,13-14,16H,3-4,6-7,9,11-12H2,1-2H3. The van der Waals surface area contributed by atoms with Crippen LogP contribution < -0.4 is 5.32 Å². The van der Waals surface area contributed by atoms with Gasteiger partial charge < -0.3 is 10.2 Å². The van der Waals surface area contributed by atoms with Crippen molar-refractivity contribution in [2.24, 2.45) is 0 Å². The Balaban J connectivity index is 1.75. The maximum atomic E-state index is 4.26. The molecular weight excluding hydrogens is 224 g/mol. The van der Waals surface area contributed by atoms with Crippen LogP contribution in [0.4, 0.5) is 0 Å². The molecule has 0 spiro atoms. The fourth-order valence-electron chi connectivity index (χ4n) is 2.78. The minimum absolute atomic E-state index is 0.489. The zero-order valence-corrected chi connectivity index (χ0v) is 11.7. The lowest BCUT2D eigenvalue weighted by atomic mass is 10.1. The van der Waals surface area contributed by atoms with Crippen molar-refractivity contribution in [3.8, 4) is 0 Å². The van der Waals surface area contributed by atoms with Crippen molar-refractivity contribution in [3.63, 3.8) is 0 Å². The van der Waals surface area contributed by atoms with Gasteiger partial charge in [0.25, 0.3) is 0 Å². The van der Waals surface area contributed by atoms with Crippen molar-refractivity contribution in [2.45, 2.75) is 51.7 Å². The van der Waals surface area contributed by atoms with Crippen LogP contribution >= 0.6 is 0 Å². The van der Waals surface area contributed by atoms with E-state index in [4.69, 9.17) is 0 Å². The highest BCUT2D eigenvalue weighted by molar-refractivity contribution is 4.81. The highest BCUT2D eigenvalue weighted by Gasteiger charge is 2.17. The average Bonchev–Trinajstić information content (AvgIpc) is 2.75. The number of hydrogen-bond acceptors (Lipinski definition) is 3. The van der Waals surface area contributed by atoms with Gasteiger partial charge in [0.1, 0.15) is 0 Å². The molecule has 2 rings (SSSR count). The van der Waals surface area contributed by atoms with Crippen molar-refractivity contribution in [1.29, 1.82) is 0 Å². The predicted molar refractivity (Wildman–Crippen MR) is 74.6 cm³/mol. The van der Waals surface area contributed by atoms with E-state index in [2.05, 4.69) is 29.2 Å². The quantitative estimate of drug-likeness (QED) is 0.864. The number of hydrogen-bond donors (Lipinski definition) is 1. The van der Waals surface area contributed by atoms with Crippen LogP contribution in [0.25, 0.3) is 0 Å². The van der Waals surface area contributed by atoms with Crippen molar-refractivity contribution < 1.29 is 0 Å². The fourth-order valence-corrected chi connectivity index (χ4v) is 2.78. The number of nitrogens with zero attached hydrogens (tertiary/aromatic N) is 3. The molecule has 102 valence electrons. The Morgan fingerprint density at radius 1 is 1.39 bits per heavy atom. The molecule has 0 bridgehead atoms. The molecule has 2 atom stereocenters. The van der Waals surface area contributed by atoms with Crippen molar-refractivity contribution >= 4 is 0 Å². The molecule has 4 nitrogen and oxygen atoms in total. The first kappa shape index (κ1) is 13.6. The molecule has 1 fully saturated rings. The molecule has 18 heavy (non-hydrogen) atoms. The summed E-state index contributed by atoms with van der Waals surface area (Å²) in [5.74, 6) is 0. The summed E-state index contributed by atoms with van der Waals surface area (Å²) in [6.07, 6.45) is 7.78. The van der Waals surface area contributed by atoms with E-state index in [0.29, 0.717) is 12.1 Å². The molecule has 1 saturated heterocycles. The Morgan fingerprint density at radius 2 is 2.28 bits per heavy atom. The molecule has 0 radical (unpaired) electrons. The average molecular weight is 250 g/mol. The molecule has 1 aliphatic rings. The van der Waals surface area contributed by atoms with Gasteiger partial charge in [-0.3, -0.25) is 4.68 Å². The Bertz CT molecular complexity index is 323. The number of likely N-dealkylation sites (tertiary alicyclic amines) is 1. The number of rotatable bonds is 5. The smallest absolute Gasteiger partial charge is 0.0560 e. The van der Waals surface area contributed by atoms with Crippen LogP contribution in [0.1, 0.15) is 33.1 Å². The fraction of sp³-hybridized carbons (Fsp3) is 0.786. The summed E-state index contributed by atoms with van der Waals surface area (Å²) in [5, 5.41) is 8.02. The van der Waals surface area contributed by atoms with Gasteiger partial charge in [-0.1, -0.05) is 6.92 Å². The van der Waals surface area contributed by atoms with E-state index in [1.165, 1.54) is 38.9 Å². The van der Waals surface area contributed by atoms with E-state index in [1.807, 2.05) is 23.1 Å². The third kappa shape index (κ3) is 4.10. The zero-order chi connectivity index (χ0) is 12.8. The summed E-state index contributed by atoms with van der Waals surface area (Å²) < 4.78 is 2.01. The van der Waals surface area contributed by atoms with Gasteiger partial charge in [0.05, 0.1) is 6.54 Å². The third-order valence-electron chi connectivity index (χ3n) is 3.81. The summed E-state index contributed by atoms with van der Waals surface area (Å²) in [7, 11) is 0. The lowest BCUT2D eigenvalue weighted by Crippen LogP contribution is -2.39. The maximum Gasteiger partial charge on any atom is 0.0560 e. The van der Waals surface area contributed by atoms with Gasteiger partial charge in [-0.05, 0) is 51.9 Å². The van der Waals surface area contributed by atoms with Crippen LogP contribution in [-0.4, -0.2) is 46.4 Å². The van der Waals surface area contributed by atoms with Gasteiger partial charge in [0, 0.05) is 24.5 Å². The molecule has 2 heterocycles. The molecule has 1 aliphatic heterocycles. The summed E-state index contributed by atoms with van der Waals surface area (Å²) >= 11 is 0. The Kier molecular flexibility index (Phi) is 5.20. The van der Waals surface area contributed by atoms with E-state index in [9.17, 15) is 0 Å². The SMILES string of the molecule is CCN1CCCC(NC(C)Cn2cccn2)CC1. The molecule has 1 aromatic heterocycles. The first-order valence-electron chi connectivity index (χ1n) is 7.23. The number of nitrogens with one attached hydrogen (secondary N) is 1. The molecule has 0 aliphatic carbocycles. The van der Waals surface area contributed by atoms with Crippen molar-refractivity contribution in [3.05, 3.63) is 18.5 Å². The molecule has 1 aromatic rings. The molecule has 0 aromatic carbocycles. The van der Waals surface area contributed by atoms with E-state index >= 15 is 0 Å². The monoisotopic (exact) mass is 250 g/mol. The predicted octanol–water partition coefficient (Wildman–Crippen LogP) is 1.74. The summed E-state index contributed by atoms with van der Waals surface area (Å²) in [6.45, 7) is 9.17. The maximum absolute atomic E-state index is 4.26. The molecule has 0 saturated carbocycles. The van der Waals surface area contributed by atoms with Gasteiger partial charge in [0.2, 0.25) is 0 Å². The minimum atomic E-state index is 0.489. The second kappa shape index (κ2) is 6.90. The Hall–Kier alpha value is -0.870. The van der Waals surface area contributed by atoms with Crippen LogP contribution in [0.2, 0.25) is 0 Å². The van der Waals surface area contributed by atoms with Gasteiger partial charge in [-0.25, -0.2) is 0 Å². The second-order valence-corrected chi connectivity index (χ2v) is 5.36. The molecular formula is C14H26N4. The van der Waals surface area contributed by atoms with Crippen LogP contribution in [0.3, 0.4) is 0 Å². The molecule has 2 unspecified atom stereocenters. The first-order valence-corrected chi connectivity index (χ1v) is 7.23. The van der Waals surface area contributed by atoms with Crippen molar-refractivity contribution in [2.75, 3.05) is 19.6 Å². The van der Waals surface area contributed by atoms with E-state index in [0.717, 1.165) is 6.54 Å². The van der Waals surface area contributed by atoms with Crippen molar-refractivity contribution in [1.82, 2.24) is 20.0 Å². The zero-order valence-electron chi connectivity index (χ0n) is 11.7. The summed E-state index contributed by atoms with van der Waals surface area (Å²) in [4.78, 5) is 2.56. The minimum Gasteiger partial charge on any atom is -0.310 e. The normalized spacial score (nSPS) is 23.8. The van der Waals surface area contributed by atoms with Crippen LogP contribution in [-0.2, 0) is 6.54 Å². The highest BCUT2D eigenvalue weighted by Crippen LogP contribution is 2.11. The lowest BCUT2D eigenvalue weighted by Gasteiger charge is -2.22. The van der Waals surface area contributed by atoms with Crippen LogP contribution in [0.15, 0.2) is 18.5 Å². The summed E-state index contributed by atoms with van der Waals surface area (Å²) in [5.41, 5.74) is 0. The Morgan fingerprint density at radius 3 is 3.00 bits per heavy atom. The third-order valence-corrected chi connectivity index (χ3v) is 3.81. The van der Waals surface area contributed by atoms with Gasteiger partial charge in [0.15, 0.2) is 0 Å². The first-order chi connectivity index (χ1) is 8.78. The molecule has 4 heteroatoms. The van der Waals surface area contributed by atoms with Crippen LogP contribution in [0.5, 0.6) is 0 Å². The molecule has 1 N–H and O–H groups in total. The van der Waals surface area contributed by atoms with Gasteiger partial charge >= 0.3 is 0 Å². The van der Waals surface area contributed by atoms with E-state index < -0.39 is 0 Å². The number of aromatic nitrogens is 2. The lowest BCUT2D eigenvalue weighted by molar-refractivity contribution is 0.294. The second-order valence-electron chi connectivity index (χ2n) is 5.36. The van der Waals surface area contributed by atoms with Gasteiger partial charge in [-0.2, -0.15) is 5.10 Å². The summed E-state index contributed by atoms with van der Waals surface area (Å²) in [6, 6.07) is 3.15. The van der Waals surface area contributed by atoms with E-state index in [-0.39, 0.29) is 0 Å². The van der Waals surface area contributed by atoms with Crippen LogP contribution in [0, 0.1) is 0 Å².